The first-order valence-electron chi connectivity index (χ1n) is 2.59. The van der Waals surface area contributed by atoms with E-state index in [1.807, 2.05) is 6.92 Å². The third kappa shape index (κ3) is 3.42. The summed E-state index contributed by atoms with van der Waals surface area (Å²) in [5, 5.41) is 0. The SMILES string of the molecule is C#CCC(F)=CCC. The summed E-state index contributed by atoms with van der Waals surface area (Å²) >= 11 is 0. The molecule has 0 bridgehead atoms. The average molecular weight is 112 g/mol. The largest absolute Gasteiger partial charge is 0.211 e. The van der Waals surface area contributed by atoms with Gasteiger partial charge in [0, 0.05) is 0 Å². The van der Waals surface area contributed by atoms with E-state index in [0.29, 0.717) is 6.42 Å². The van der Waals surface area contributed by atoms with Crippen molar-refractivity contribution < 1.29 is 4.39 Å². The molecule has 0 aromatic heterocycles. The Balaban J connectivity index is 3.49. The Bertz CT molecular complexity index is 117. The molecule has 0 atom stereocenters. The fourth-order valence-corrected chi connectivity index (χ4v) is 0.391. The van der Waals surface area contributed by atoms with E-state index < -0.39 is 0 Å². The molecule has 0 amide bonds. The summed E-state index contributed by atoms with van der Waals surface area (Å²) in [7, 11) is 0. The van der Waals surface area contributed by atoms with E-state index in [1.165, 1.54) is 6.08 Å². The Hall–Kier alpha value is -0.770. The van der Waals surface area contributed by atoms with Crippen molar-refractivity contribution in [2.45, 2.75) is 19.8 Å². The van der Waals surface area contributed by atoms with Crippen LogP contribution in [-0.2, 0) is 0 Å². The highest BCUT2D eigenvalue weighted by Gasteiger charge is 1.85. The second-order valence-corrected chi connectivity index (χ2v) is 1.44. The molecule has 8 heavy (non-hydrogen) atoms. The summed E-state index contributed by atoms with van der Waals surface area (Å²) < 4.78 is 12.1. The minimum absolute atomic E-state index is 0.133. The summed E-state index contributed by atoms with van der Waals surface area (Å²) in [5.74, 6) is 2.01. The number of allylic oxidation sites excluding steroid dienone is 2. The number of hydrogen-bond acceptors (Lipinski definition) is 0. The fraction of sp³-hybridized carbons (Fsp3) is 0.429. The average Bonchev–Trinajstić information content (AvgIpc) is 1.68. The van der Waals surface area contributed by atoms with Crippen LogP contribution in [0.4, 0.5) is 4.39 Å². The van der Waals surface area contributed by atoms with Crippen LogP contribution >= 0.6 is 0 Å². The molecule has 0 N–H and O–H groups in total. The van der Waals surface area contributed by atoms with Gasteiger partial charge >= 0.3 is 0 Å². The molecular weight excluding hydrogens is 103 g/mol. The maximum absolute atomic E-state index is 12.1. The number of halogens is 1. The lowest BCUT2D eigenvalue weighted by Crippen LogP contribution is -1.67. The van der Waals surface area contributed by atoms with E-state index in [1.54, 1.807) is 0 Å². The molecule has 0 aliphatic rings. The first-order valence-corrected chi connectivity index (χ1v) is 2.59. The summed E-state index contributed by atoms with van der Waals surface area (Å²) in [6.07, 6.45) is 7.16. The molecule has 0 aromatic carbocycles. The molecule has 0 spiro atoms. The molecule has 44 valence electrons. The monoisotopic (exact) mass is 112 g/mol. The quantitative estimate of drug-likeness (QED) is 0.481. The first kappa shape index (κ1) is 7.23. The van der Waals surface area contributed by atoms with Gasteiger partial charge in [0.15, 0.2) is 0 Å². The third-order valence-corrected chi connectivity index (χ3v) is 0.697. The lowest BCUT2D eigenvalue weighted by Gasteiger charge is -1.83. The van der Waals surface area contributed by atoms with Gasteiger partial charge in [0.25, 0.3) is 0 Å². The highest BCUT2D eigenvalue weighted by atomic mass is 19.1. The van der Waals surface area contributed by atoms with Gasteiger partial charge in [-0.1, -0.05) is 18.9 Å². The zero-order valence-electron chi connectivity index (χ0n) is 4.95. The first-order chi connectivity index (χ1) is 3.81. The molecule has 0 saturated carbocycles. The second kappa shape index (κ2) is 4.39. The molecule has 0 fully saturated rings. The highest BCUT2D eigenvalue weighted by Crippen LogP contribution is 2.01. The van der Waals surface area contributed by atoms with Gasteiger partial charge in [0.1, 0.15) is 5.83 Å². The van der Waals surface area contributed by atoms with Crippen molar-refractivity contribution in [1.29, 1.82) is 0 Å². The van der Waals surface area contributed by atoms with Crippen molar-refractivity contribution in [3.05, 3.63) is 11.9 Å². The Morgan fingerprint density at radius 1 is 1.88 bits per heavy atom. The van der Waals surface area contributed by atoms with E-state index in [-0.39, 0.29) is 12.2 Å². The summed E-state index contributed by atoms with van der Waals surface area (Å²) in [6, 6.07) is 0. The molecule has 0 rings (SSSR count). The van der Waals surface area contributed by atoms with Crippen molar-refractivity contribution in [2.24, 2.45) is 0 Å². The third-order valence-electron chi connectivity index (χ3n) is 0.697. The van der Waals surface area contributed by atoms with Gasteiger partial charge in [-0.2, -0.15) is 0 Å². The Kier molecular flexibility index (Phi) is 3.97. The van der Waals surface area contributed by atoms with Crippen LogP contribution in [0.5, 0.6) is 0 Å². The predicted octanol–water partition coefficient (Wildman–Crippen LogP) is 2.27. The predicted molar refractivity (Wildman–Crippen MR) is 32.9 cm³/mol. The lowest BCUT2D eigenvalue weighted by atomic mass is 10.3. The molecule has 0 unspecified atom stereocenters. The number of hydrogen-bond donors (Lipinski definition) is 0. The van der Waals surface area contributed by atoms with Crippen LogP contribution in [0.3, 0.4) is 0 Å². The van der Waals surface area contributed by atoms with Gasteiger partial charge < -0.3 is 0 Å². The van der Waals surface area contributed by atoms with Crippen LogP contribution in [0.2, 0.25) is 0 Å². The smallest absolute Gasteiger partial charge is 0.108 e. The van der Waals surface area contributed by atoms with E-state index in [9.17, 15) is 4.39 Å². The summed E-state index contributed by atoms with van der Waals surface area (Å²) in [5.41, 5.74) is 0. The minimum atomic E-state index is -0.199. The van der Waals surface area contributed by atoms with Gasteiger partial charge in [-0.05, 0) is 6.42 Å². The van der Waals surface area contributed by atoms with E-state index >= 15 is 0 Å². The van der Waals surface area contributed by atoms with Gasteiger partial charge in [-0.25, -0.2) is 4.39 Å². The van der Waals surface area contributed by atoms with Gasteiger partial charge in [0.05, 0.1) is 6.42 Å². The van der Waals surface area contributed by atoms with Crippen LogP contribution in [0.15, 0.2) is 11.9 Å². The molecular formula is C7H9F. The van der Waals surface area contributed by atoms with Crippen molar-refractivity contribution in [3.8, 4) is 12.3 Å². The van der Waals surface area contributed by atoms with Gasteiger partial charge in [-0.3, -0.25) is 0 Å². The van der Waals surface area contributed by atoms with E-state index in [2.05, 4.69) is 5.92 Å². The normalized spacial score (nSPS) is 10.9. The second-order valence-electron chi connectivity index (χ2n) is 1.44. The fourth-order valence-electron chi connectivity index (χ4n) is 0.391. The van der Waals surface area contributed by atoms with Crippen molar-refractivity contribution in [3.63, 3.8) is 0 Å². The van der Waals surface area contributed by atoms with Crippen molar-refractivity contribution in [2.75, 3.05) is 0 Å². The van der Waals surface area contributed by atoms with Crippen molar-refractivity contribution >= 4 is 0 Å². The number of rotatable bonds is 2. The van der Waals surface area contributed by atoms with Crippen LogP contribution < -0.4 is 0 Å². The Labute approximate surface area is 49.4 Å². The van der Waals surface area contributed by atoms with Gasteiger partial charge in [0.2, 0.25) is 0 Å². The molecule has 0 aromatic rings. The van der Waals surface area contributed by atoms with Gasteiger partial charge in [-0.15, -0.1) is 6.42 Å². The van der Waals surface area contributed by atoms with E-state index in [4.69, 9.17) is 6.42 Å². The highest BCUT2D eigenvalue weighted by molar-refractivity contribution is 5.02. The molecule has 0 nitrogen and oxygen atoms in total. The van der Waals surface area contributed by atoms with Crippen LogP contribution in [0.1, 0.15) is 19.8 Å². The zero-order chi connectivity index (χ0) is 6.41. The molecule has 0 heterocycles. The Morgan fingerprint density at radius 3 is 2.88 bits per heavy atom. The molecule has 1 heteroatoms. The van der Waals surface area contributed by atoms with Crippen LogP contribution in [0.25, 0.3) is 0 Å². The topological polar surface area (TPSA) is 0 Å². The van der Waals surface area contributed by atoms with Crippen LogP contribution in [-0.4, -0.2) is 0 Å². The minimum Gasteiger partial charge on any atom is -0.211 e. The maximum Gasteiger partial charge on any atom is 0.108 e. The van der Waals surface area contributed by atoms with Crippen molar-refractivity contribution in [1.82, 2.24) is 0 Å². The molecule has 0 aliphatic heterocycles. The Morgan fingerprint density at radius 2 is 2.50 bits per heavy atom. The molecule has 0 radical (unpaired) electrons. The number of terminal acetylenes is 1. The summed E-state index contributed by atoms with van der Waals surface area (Å²) in [6.45, 7) is 1.87. The summed E-state index contributed by atoms with van der Waals surface area (Å²) in [4.78, 5) is 0. The van der Waals surface area contributed by atoms with Crippen LogP contribution in [0, 0.1) is 12.3 Å². The van der Waals surface area contributed by atoms with E-state index in [0.717, 1.165) is 0 Å². The maximum atomic E-state index is 12.1. The zero-order valence-corrected chi connectivity index (χ0v) is 4.95. The molecule has 0 saturated heterocycles. The molecule has 0 aliphatic carbocycles. The standard InChI is InChI=1S/C7H9F/c1-3-5-7(8)6-4-2/h1,6H,4-5H2,2H3. The lowest BCUT2D eigenvalue weighted by molar-refractivity contribution is 0.616.